The summed E-state index contributed by atoms with van der Waals surface area (Å²) in [6, 6.07) is 0. The van der Waals surface area contributed by atoms with Gasteiger partial charge in [0.2, 0.25) is 0 Å². The van der Waals surface area contributed by atoms with Gasteiger partial charge in [-0.25, -0.2) is 0 Å². The van der Waals surface area contributed by atoms with E-state index < -0.39 is 0 Å². The van der Waals surface area contributed by atoms with Crippen LogP contribution in [0.25, 0.3) is 0 Å². The van der Waals surface area contributed by atoms with Gasteiger partial charge in [-0.15, -0.1) is 0 Å². The normalized spacial score (nSPS) is 20.2. The average molecular weight is 125 g/mol. The van der Waals surface area contributed by atoms with Crippen LogP contribution in [0, 0.1) is 0 Å². The van der Waals surface area contributed by atoms with Crippen molar-refractivity contribution in [3.8, 4) is 0 Å². The molecule has 0 fully saturated rings. The van der Waals surface area contributed by atoms with E-state index in [0.29, 0.717) is 0 Å². The van der Waals surface area contributed by atoms with Crippen molar-refractivity contribution in [2.45, 2.75) is 25.7 Å². The van der Waals surface area contributed by atoms with Crippen LogP contribution in [0.3, 0.4) is 0 Å². The second-order valence-electron chi connectivity index (χ2n) is 2.27. The lowest BCUT2D eigenvalue weighted by atomic mass is 10.0. The first kappa shape index (κ1) is 6.33. The molecule has 1 aliphatic rings. The summed E-state index contributed by atoms with van der Waals surface area (Å²) in [5.41, 5.74) is 1.17. The van der Waals surface area contributed by atoms with E-state index in [1.165, 1.54) is 24.6 Å². The highest BCUT2D eigenvalue weighted by molar-refractivity contribution is 5.77. The minimum absolute atomic E-state index is 1.07. The minimum Gasteiger partial charge on any atom is -0.411 e. The molecule has 0 heterocycles. The molecule has 0 aliphatic heterocycles. The fourth-order valence-corrected chi connectivity index (χ4v) is 1.05. The lowest BCUT2D eigenvalue weighted by Gasteiger charge is -2.05. The number of rotatable bonds is 1. The van der Waals surface area contributed by atoms with E-state index in [2.05, 4.69) is 11.2 Å². The zero-order valence-electron chi connectivity index (χ0n) is 5.38. The smallest absolute Gasteiger partial charge is 0.0690 e. The van der Waals surface area contributed by atoms with Crippen LogP contribution in [0.5, 0.6) is 0 Å². The molecule has 0 saturated carbocycles. The van der Waals surface area contributed by atoms with Gasteiger partial charge in [0.05, 0.1) is 6.21 Å². The number of allylic oxidation sites excluding steroid dienone is 2. The van der Waals surface area contributed by atoms with Gasteiger partial charge in [-0.2, -0.15) is 0 Å². The molecule has 0 bridgehead atoms. The quantitative estimate of drug-likeness (QED) is 0.324. The van der Waals surface area contributed by atoms with Crippen molar-refractivity contribution in [1.29, 1.82) is 0 Å². The molecule has 0 atom stereocenters. The topological polar surface area (TPSA) is 32.6 Å². The van der Waals surface area contributed by atoms with Crippen LogP contribution in [0.15, 0.2) is 16.8 Å². The second-order valence-corrected chi connectivity index (χ2v) is 2.27. The number of nitrogens with zero attached hydrogens (tertiary/aromatic N) is 1. The van der Waals surface area contributed by atoms with Gasteiger partial charge < -0.3 is 5.21 Å². The summed E-state index contributed by atoms with van der Waals surface area (Å²) in [5, 5.41) is 11.1. The third-order valence-corrected chi connectivity index (χ3v) is 1.55. The molecule has 0 unspecified atom stereocenters. The Kier molecular flexibility index (Phi) is 2.31. The predicted molar refractivity (Wildman–Crippen MR) is 36.8 cm³/mol. The summed E-state index contributed by atoms with van der Waals surface area (Å²) in [4.78, 5) is 0. The molecule has 1 N–H and O–H groups in total. The van der Waals surface area contributed by atoms with E-state index in [9.17, 15) is 0 Å². The minimum atomic E-state index is 1.07. The molecule has 1 aliphatic carbocycles. The van der Waals surface area contributed by atoms with E-state index in [0.717, 1.165) is 12.8 Å². The molecule has 0 aromatic carbocycles. The summed E-state index contributed by atoms with van der Waals surface area (Å²) >= 11 is 0. The van der Waals surface area contributed by atoms with Crippen molar-refractivity contribution in [3.05, 3.63) is 11.6 Å². The average Bonchev–Trinajstić information content (AvgIpc) is 1.91. The maximum absolute atomic E-state index is 8.15. The van der Waals surface area contributed by atoms with Crippen LogP contribution in [-0.2, 0) is 0 Å². The summed E-state index contributed by atoms with van der Waals surface area (Å²) in [6.07, 6.45) is 8.38. The van der Waals surface area contributed by atoms with Crippen LogP contribution in [0.4, 0.5) is 0 Å². The molecule has 0 aromatic heterocycles. The number of hydrogen-bond acceptors (Lipinski definition) is 2. The van der Waals surface area contributed by atoms with Gasteiger partial charge in [-0.1, -0.05) is 11.2 Å². The van der Waals surface area contributed by atoms with E-state index in [1.807, 2.05) is 0 Å². The van der Waals surface area contributed by atoms with Gasteiger partial charge in [-0.3, -0.25) is 0 Å². The Morgan fingerprint density at radius 3 is 3.00 bits per heavy atom. The standard InChI is InChI=1S/C7H11NO/c9-8-6-7-4-2-1-3-5-7/h4,6,9H,1-3,5H2/b8-6+. The van der Waals surface area contributed by atoms with E-state index in [4.69, 9.17) is 5.21 Å². The molecule has 0 spiro atoms. The molecular weight excluding hydrogens is 114 g/mol. The van der Waals surface area contributed by atoms with E-state index in [1.54, 1.807) is 0 Å². The van der Waals surface area contributed by atoms with Gasteiger partial charge in [0.25, 0.3) is 0 Å². The zero-order chi connectivity index (χ0) is 6.53. The molecular formula is C7H11NO. The Labute approximate surface area is 54.9 Å². The highest BCUT2D eigenvalue weighted by Gasteiger charge is 1.99. The molecule has 0 amide bonds. The van der Waals surface area contributed by atoms with E-state index in [-0.39, 0.29) is 0 Å². The van der Waals surface area contributed by atoms with Crippen LogP contribution < -0.4 is 0 Å². The van der Waals surface area contributed by atoms with E-state index >= 15 is 0 Å². The predicted octanol–water partition coefficient (Wildman–Crippen LogP) is 1.95. The fraction of sp³-hybridized carbons (Fsp3) is 0.571. The lowest BCUT2D eigenvalue weighted by Crippen LogP contribution is -1.91. The summed E-state index contributed by atoms with van der Waals surface area (Å²) in [7, 11) is 0. The van der Waals surface area contributed by atoms with Gasteiger partial charge in [0.1, 0.15) is 0 Å². The van der Waals surface area contributed by atoms with Crippen LogP contribution in [0.1, 0.15) is 25.7 Å². The maximum atomic E-state index is 8.15. The molecule has 50 valence electrons. The first-order valence-corrected chi connectivity index (χ1v) is 3.30. The van der Waals surface area contributed by atoms with Crippen molar-refractivity contribution in [3.63, 3.8) is 0 Å². The van der Waals surface area contributed by atoms with Crippen molar-refractivity contribution >= 4 is 6.21 Å². The largest absolute Gasteiger partial charge is 0.411 e. The summed E-state index contributed by atoms with van der Waals surface area (Å²) < 4.78 is 0. The van der Waals surface area contributed by atoms with Gasteiger partial charge in [-0.05, 0) is 31.3 Å². The van der Waals surface area contributed by atoms with Crippen molar-refractivity contribution in [2.75, 3.05) is 0 Å². The third kappa shape index (κ3) is 1.88. The first-order valence-electron chi connectivity index (χ1n) is 3.30. The zero-order valence-corrected chi connectivity index (χ0v) is 5.38. The monoisotopic (exact) mass is 125 g/mol. The second kappa shape index (κ2) is 3.28. The van der Waals surface area contributed by atoms with Crippen molar-refractivity contribution < 1.29 is 5.21 Å². The Morgan fingerprint density at radius 2 is 2.44 bits per heavy atom. The van der Waals surface area contributed by atoms with Crippen molar-refractivity contribution in [2.24, 2.45) is 5.16 Å². The van der Waals surface area contributed by atoms with Crippen LogP contribution in [0.2, 0.25) is 0 Å². The highest BCUT2D eigenvalue weighted by atomic mass is 16.4. The first-order chi connectivity index (χ1) is 4.43. The summed E-state index contributed by atoms with van der Waals surface area (Å²) in [5.74, 6) is 0. The third-order valence-electron chi connectivity index (χ3n) is 1.55. The van der Waals surface area contributed by atoms with Gasteiger partial charge in [0.15, 0.2) is 0 Å². The number of hydrogen-bond donors (Lipinski definition) is 1. The Bertz CT molecular complexity index is 138. The van der Waals surface area contributed by atoms with Crippen molar-refractivity contribution in [1.82, 2.24) is 0 Å². The molecule has 2 nitrogen and oxygen atoms in total. The fourth-order valence-electron chi connectivity index (χ4n) is 1.05. The summed E-state index contributed by atoms with van der Waals surface area (Å²) in [6.45, 7) is 0. The highest BCUT2D eigenvalue weighted by Crippen LogP contribution is 2.14. The number of oxime groups is 1. The Hall–Kier alpha value is -0.790. The molecule has 0 aromatic rings. The van der Waals surface area contributed by atoms with Crippen LogP contribution in [-0.4, -0.2) is 11.4 Å². The SMILES string of the molecule is O/N=C/C1=CCCCC1. The Morgan fingerprint density at radius 1 is 1.56 bits per heavy atom. The van der Waals surface area contributed by atoms with Gasteiger partial charge in [0, 0.05) is 0 Å². The molecule has 0 radical (unpaired) electrons. The molecule has 0 saturated heterocycles. The van der Waals surface area contributed by atoms with Crippen LogP contribution >= 0.6 is 0 Å². The molecule has 2 heteroatoms. The molecule has 1 rings (SSSR count). The molecule has 9 heavy (non-hydrogen) atoms. The maximum Gasteiger partial charge on any atom is 0.0690 e. The Balaban J connectivity index is 2.46. The lowest BCUT2D eigenvalue weighted by molar-refractivity contribution is 0.321. The van der Waals surface area contributed by atoms with Gasteiger partial charge >= 0.3 is 0 Å².